The lowest BCUT2D eigenvalue weighted by molar-refractivity contribution is -0.282. The van der Waals surface area contributed by atoms with Gasteiger partial charge in [-0.3, -0.25) is 18.7 Å². The van der Waals surface area contributed by atoms with E-state index in [9.17, 15) is 14.4 Å². The molecule has 0 N–H and O–H groups in total. The summed E-state index contributed by atoms with van der Waals surface area (Å²) in [5.74, 6) is -0.652. The average Bonchev–Trinajstić information content (AvgIpc) is 3.09. The molecule has 0 aromatic carbocycles. The minimum absolute atomic E-state index is 0.00133. The number of nitrogens with zero attached hydrogens (tertiary/aromatic N) is 5. The number of ether oxygens (including phenoxy) is 2. The molecule has 0 atom stereocenters. The predicted molar refractivity (Wildman–Crippen MR) is 95.3 cm³/mol. The summed E-state index contributed by atoms with van der Waals surface area (Å²) >= 11 is 0. The largest absolute Gasteiger partial charge is 0.350 e. The van der Waals surface area contributed by atoms with E-state index in [2.05, 4.69) is 4.98 Å². The molecule has 1 spiro atoms. The third-order valence-electron chi connectivity index (χ3n) is 5.42. The van der Waals surface area contributed by atoms with Gasteiger partial charge in [0.2, 0.25) is 5.91 Å². The number of aromatic nitrogens is 4. The molecule has 10 heteroatoms. The van der Waals surface area contributed by atoms with Crippen molar-refractivity contribution < 1.29 is 14.3 Å². The molecule has 2 aliphatic rings. The SMILES string of the molecule is Cn1c(=O)c2c(ncn2CC(=O)N2CCC3(CC2)OCCCO3)n(C)c1=O. The van der Waals surface area contributed by atoms with Gasteiger partial charge in [0.15, 0.2) is 17.0 Å². The van der Waals surface area contributed by atoms with E-state index in [0.717, 1.165) is 11.0 Å². The van der Waals surface area contributed by atoms with Gasteiger partial charge in [0.05, 0.1) is 19.5 Å². The number of hydrogen-bond acceptors (Lipinski definition) is 6. The molecule has 0 saturated carbocycles. The molecule has 27 heavy (non-hydrogen) atoms. The third-order valence-corrected chi connectivity index (χ3v) is 5.42. The van der Waals surface area contributed by atoms with Crippen molar-refractivity contribution in [1.82, 2.24) is 23.6 Å². The number of piperidine rings is 1. The van der Waals surface area contributed by atoms with Gasteiger partial charge in [-0.1, -0.05) is 0 Å². The maximum Gasteiger partial charge on any atom is 0.332 e. The fourth-order valence-electron chi connectivity index (χ4n) is 3.76. The topological polar surface area (TPSA) is 101 Å². The number of hydrogen-bond donors (Lipinski definition) is 0. The van der Waals surface area contributed by atoms with E-state index in [-0.39, 0.29) is 23.6 Å². The molecule has 2 aromatic rings. The Labute approximate surface area is 154 Å². The Morgan fingerprint density at radius 2 is 1.81 bits per heavy atom. The standard InChI is InChI=1S/C17H23N5O5/c1-19-14-13(15(24)20(2)16(19)25)22(11-18-14)10-12(23)21-6-4-17(5-7-21)26-8-3-9-27-17/h11H,3-10H2,1-2H3. The summed E-state index contributed by atoms with van der Waals surface area (Å²) in [5.41, 5.74) is -0.379. The quantitative estimate of drug-likeness (QED) is 0.679. The first kappa shape index (κ1) is 17.9. The summed E-state index contributed by atoms with van der Waals surface area (Å²) in [5, 5.41) is 0. The van der Waals surface area contributed by atoms with Gasteiger partial charge in [-0.05, 0) is 6.42 Å². The second kappa shape index (κ2) is 6.61. The molecule has 146 valence electrons. The Morgan fingerprint density at radius 1 is 1.15 bits per heavy atom. The number of rotatable bonds is 2. The fraction of sp³-hybridized carbons (Fsp3) is 0.647. The summed E-state index contributed by atoms with van der Waals surface area (Å²) in [4.78, 5) is 43.1. The van der Waals surface area contributed by atoms with E-state index in [4.69, 9.17) is 9.47 Å². The van der Waals surface area contributed by atoms with Gasteiger partial charge < -0.3 is 18.9 Å². The Bertz CT molecular complexity index is 988. The molecule has 2 saturated heterocycles. The third kappa shape index (κ3) is 2.98. The van der Waals surface area contributed by atoms with Gasteiger partial charge in [0.1, 0.15) is 6.54 Å². The number of amides is 1. The molecule has 0 unspecified atom stereocenters. The van der Waals surface area contributed by atoms with Crippen molar-refractivity contribution in [2.45, 2.75) is 31.6 Å². The van der Waals surface area contributed by atoms with E-state index in [0.29, 0.717) is 39.1 Å². The maximum absolute atomic E-state index is 12.7. The number of carbonyl (C=O) groups is 1. The molecule has 4 rings (SSSR count). The van der Waals surface area contributed by atoms with Crippen LogP contribution in [0.5, 0.6) is 0 Å². The minimum atomic E-state index is -0.551. The van der Waals surface area contributed by atoms with Crippen LogP contribution in [0, 0.1) is 0 Å². The van der Waals surface area contributed by atoms with E-state index < -0.39 is 17.0 Å². The molecule has 2 fully saturated rings. The number of aryl methyl sites for hydroxylation is 1. The van der Waals surface area contributed by atoms with Crippen LogP contribution in [-0.2, 0) is 34.9 Å². The molecule has 10 nitrogen and oxygen atoms in total. The molecule has 2 aromatic heterocycles. The Kier molecular flexibility index (Phi) is 4.39. The lowest BCUT2D eigenvalue weighted by atomic mass is 10.0. The lowest BCUT2D eigenvalue weighted by Crippen LogP contribution is -2.52. The Hall–Kier alpha value is -2.46. The smallest absolute Gasteiger partial charge is 0.332 e. The second-order valence-electron chi connectivity index (χ2n) is 7.09. The number of fused-ring (bicyclic) bond motifs is 1. The van der Waals surface area contributed by atoms with Crippen molar-refractivity contribution in [1.29, 1.82) is 0 Å². The zero-order valence-corrected chi connectivity index (χ0v) is 15.5. The van der Waals surface area contributed by atoms with E-state index in [1.165, 1.54) is 22.5 Å². The molecular formula is C17H23N5O5. The summed E-state index contributed by atoms with van der Waals surface area (Å²) in [6.45, 7) is 2.47. The zero-order chi connectivity index (χ0) is 19.2. The fourth-order valence-corrected chi connectivity index (χ4v) is 3.76. The first-order valence-corrected chi connectivity index (χ1v) is 9.08. The van der Waals surface area contributed by atoms with Crippen molar-refractivity contribution >= 4 is 17.1 Å². The second-order valence-corrected chi connectivity index (χ2v) is 7.09. The van der Waals surface area contributed by atoms with Crippen LogP contribution in [0.4, 0.5) is 0 Å². The van der Waals surface area contributed by atoms with Crippen LogP contribution in [0.3, 0.4) is 0 Å². The van der Waals surface area contributed by atoms with Gasteiger partial charge in [-0.2, -0.15) is 0 Å². The van der Waals surface area contributed by atoms with Crippen LogP contribution < -0.4 is 11.2 Å². The van der Waals surface area contributed by atoms with E-state index in [1.807, 2.05) is 0 Å². The zero-order valence-electron chi connectivity index (χ0n) is 15.5. The summed E-state index contributed by atoms with van der Waals surface area (Å²) in [7, 11) is 2.97. The molecular weight excluding hydrogens is 354 g/mol. The highest BCUT2D eigenvalue weighted by atomic mass is 16.7. The highest BCUT2D eigenvalue weighted by Crippen LogP contribution is 2.30. The monoisotopic (exact) mass is 377 g/mol. The Morgan fingerprint density at radius 3 is 2.48 bits per heavy atom. The van der Waals surface area contributed by atoms with Crippen molar-refractivity contribution in [3.8, 4) is 0 Å². The Balaban J connectivity index is 1.52. The van der Waals surface area contributed by atoms with Crippen molar-refractivity contribution in [3.63, 3.8) is 0 Å². The first-order valence-electron chi connectivity index (χ1n) is 9.08. The van der Waals surface area contributed by atoms with Crippen molar-refractivity contribution in [3.05, 3.63) is 27.2 Å². The van der Waals surface area contributed by atoms with Crippen LogP contribution in [0.1, 0.15) is 19.3 Å². The summed E-state index contributed by atoms with van der Waals surface area (Å²) < 4.78 is 15.4. The van der Waals surface area contributed by atoms with Crippen molar-refractivity contribution in [2.75, 3.05) is 26.3 Å². The number of carbonyl (C=O) groups excluding carboxylic acids is 1. The first-order chi connectivity index (χ1) is 12.9. The van der Waals surface area contributed by atoms with Crippen LogP contribution in [0.15, 0.2) is 15.9 Å². The number of likely N-dealkylation sites (tertiary alicyclic amines) is 1. The van der Waals surface area contributed by atoms with E-state index in [1.54, 1.807) is 11.9 Å². The molecule has 2 aliphatic heterocycles. The van der Waals surface area contributed by atoms with Gasteiger partial charge in [-0.25, -0.2) is 9.78 Å². The maximum atomic E-state index is 12.7. The normalized spacial score (nSPS) is 19.7. The highest BCUT2D eigenvalue weighted by Gasteiger charge is 2.39. The predicted octanol–water partition coefficient (Wildman–Crippen LogP) is -0.811. The molecule has 1 amide bonds. The highest BCUT2D eigenvalue weighted by molar-refractivity contribution is 5.79. The van der Waals surface area contributed by atoms with Crippen LogP contribution in [0.2, 0.25) is 0 Å². The van der Waals surface area contributed by atoms with Gasteiger partial charge in [-0.15, -0.1) is 0 Å². The van der Waals surface area contributed by atoms with Crippen molar-refractivity contribution in [2.24, 2.45) is 14.1 Å². The van der Waals surface area contributed by atoms with E-state index >= 15 is 0 Å². The summed E-state index contributed by atoms with van der Waals surface area (Å²) in [6.07, 6.45) is 3.61. The lowest BCUT2D eigenvalue weighted by Gasteiger charge is -2.43. The number of imidazole rings is 1. The van der Waals surface area contributed by atoms with Gasteiger partial charge >= 0.3 is 5.69 Å². The van der Waals surface area contributed by atoms with Crippen LogP contribution in [-0.4, -0.2) is 61.6 Å². The van der Waals surface area contributed by atoms with Crippen LogP contribution in [0.25, 0.3) is 11.2 Å². The molecule has 4 heterocycles. The average molecular weight is 377 g/mol. The van der Waals surface area contributed by atoms with Crippen LogP contribution >= 0.6 is 0 Å². The molecule has 0 radical (unpaired) electrons. The minimum Gasteiger partial charge on any atom is -0.350 e. The van der Waals surface area contributed by atoms with Gasteiger partial charge in [0.25, 0.3) is 5.56 Å². The molecule has 0 aliphatic carbocycles. The summed E-state index contributed by atoms with van der Waals surface area (Å²) in [6, 6.07) is 0. The molecule has 0 bridgehead atoms. The van der Waals surface area contributed by atoms with Gasteiger partial charge in [0, 0.05) is 40.0 Å².